The molecule has 1 amide bonds. The molecule has 7 heteroatoms. The zero-order valence-corrected chi connectivity index (χ0v) is 17.5. The highest BCUT2D eigenvalue weighted by Crippen LogP contribution is 2.20. The van der Waals surface area contributed by atoms with Gasteiger partial charge in [-0.15, -0.1) is 0 Å². The topological polar surface area (TPSA) is 57.7 Å². The minimum atomic E-state index is -3.75. The Morgan fingerprint density at radius 1 is 1.00 bits per heavy atom. The predicted octanol–water partition coefficient (Wildman–Crippen LogP) is 3.30. The number of rotatable bonds is 7. The highest BCUT2D eigenvalue weighted by atomic mass is 79.9. The van der Waals surface area contributed by atoms with Gasteiger partial charge in [-0.1, -0.05) is 46.3 Å². The Hall–Kier alpha value is -1.70. The predicted molar refractivity (Wildman–Crippen MR) is 109 cm³/mol. The average Bonchev–Trinajstić information content (AvgIpc) is 3.21. The Bertz CT molecular complexity index is 864. The Morgan fingerprint density at radius 3 is 2.26 bits per heavy atom. The summed E-state index contributed by atoms with van der Waals surface area (Å²) >= 11 is 3.33. The van der Waals surface area contributed by atoms with Crippen LogP contribution in [0.2, 0.25) is 0 Å². The second-order valence-corrected chi connectivity index (χ2v) is 9.47. The van der Waals surface area contributed by atoms with E-state index in [4.69, 9.17) is 0 Å². The van der Waals surface area contributed by atoms with Gasteiger partial charge in [0.1, 0.15) is 0 Å². The van der Waals surface area contributed by atoms with Crippen LogP contribution in [0, 0.1) is 0 Å². The Kier molecular flexibility index (Phi) is 6.68. The number of nitrogens with zero attached hydrogens (tertiary/aromatic N) is 2. The van der Waals surface area contributed by atoms with Crippen molar-refractivity contribution in [2.75, 3.05) is 26.2 Å². The van der Waals surface area contributed by atoms with E-state index in [1.807, 2.05) is 30.3 Å². The first kappa shape index (κ1) is 20.0. The Morgan fingerprint density at radius 2 is 1.63 bits per heavy atom. The number of benzene rings is 2. The summed E-state index contributed by atoms with van der Waals surface area (Å²) in [5.41, 5.74) is 1.04. The fourth-order valence-corrected chi connectivity index (χ4v) is 4.81. The molecule has 0 aliphatic carbocycles. The van der Waals surface area contributed by atoms with E-state index in [-0.39, 0.29) is 23.9 Å². The lowest BCUT2D eigenvalue weighted by Crippen LogP contribution is -2.42. The van der Waals surface area contributed by atoms with E-state index >= 15 is 0 Å². The van der Waals surface area contributed by atoms with Crippen LogP contribution < -0.4 is 0 Å². The lowest BCUT2D eigenvalue weighted by Gasteiger charge is -2.24. The van der Waals surface area contributed by atoms with E-state index in [9.17, 15) is 13.2 Å². The third kappa shape index (κ3) is 5.18. The molecule has 3 rings (SSSR count). The fraction of sp³-hybridized carbons (Fsp3) is 0.350. The van der Waals surface area contributed by atoms with Crippen LogP contribution in [0.25, 0.3) is 0 Å². The van der Waals surface area contributed by atoms with Gasteiger partial charge in [0.2, 0.25) is 15.9 Å². The molecule has 1 saturated heterocycles. The molecule has 1 aliphatic rings. The molecular formula is C20H23BrN2O3S. The van der Waals surface area contributed by atoms with Gasteiger partial charge in [0.15, 0.2) is 0 Å². The number of sulfonamides is 1. The van der Waals surface area contributed by atoms with Gasteiger partial charge in [-0.3, -0.25) is 4.79 Å². The number of carbonyl (C=O) groups is 1. The molecule has 2 aromatic rings. The number of hydrogen-bond donors (Lipinski definition) is 0. The summed E-state index contributed by atoms with van der Waals surface area (Å²) in [5.74, 6) is -0.124. The van der Waals surface area contributed by atoms with Crippen molar-refractivity contribution in [1.29, 1.82) is 0 Å². The zero-order valence-electron chi connectivity index (χ0n) is 15.1. The van der Waals surface area contributed by atoms with Crippen molar-refractivity contribution in [1.82, 2.24) is 9.21 Å². The lowest BCUT2D eigenvalue weighted by atomic mass is 10.1. The summed E-state index contributed by atoms with van der Waals surface area (Å²) in [5, 5.41) is 0. The quantitative estimate of drug-likeness (QED) is 0.649. The van der Waals surface area contributed by atoms with Crippen molar-refractivity contribution in [2.45, 2.75) is 24.2 Å². The van der Waals surface area contributed by atoms with Crippen molar-refractivity contribution in [2.24, 2.45) is 0 Å². The minimum absolute atomic E-state index is 0.120. The smallest absolute Gasteiger partial charge is 0.243 e. The van der Waals surface area contributed by atoms with Crippen LogP contribution in [0.15, 0.2) is 64.0 Å². The second-order valence-electron chi connectivity index (χ2n) is 6.62. The molecule has 2 aromatic carbocycles. The zero-order chi connectivity index (χ0) is 19.3. The highest BCUT2D eigenvalue weighted by Gasteiger charge is 2.29. The van der Waals surface area contributed by atoms with Gasteiger partial charge in [0.05, 0.1) is 11.4 Å². The maximum atomic E-state index is 13.2. The molecule has 1 aliphatic heterocycles. The van der Waals surface area contributed by atoms with Crippen LogP contribution in [0.1, 0.15) is 18.4 Å². The van der Waals surface area contributed by atoms with Gasteiger partial charge in [-0.25, -0.2) is 8.42 Å². The average molecular weight is 451 g/mol. The number of amides is 1. The van der Waals surface area contributed by atoms with Gasteiger partial charge in [-0.2, -0.15) is 4.31 Å². The Labute approximate surface area is 169 Å². The number of likely N-dealkylation sites (tertiary alicyclic amines) is 1. The number of carbonyl (C=O) groups excluding carboxylic acids is 1. The first-order valence-corrected chi connectivity index (χ1v) is 11.3. The van der Waals surface area contributed by atoms with E-state index in [1.165, 1.54) is 4.31 Å². The maximum Gasteiger partial charge on any atom is 0.243 e. The van der Waals surface area contributed by atoms with Crippen molar-refractivity contribution in [3.05, 3.63) is 64.6 Å². The molecule has 0 atom stereocenters. The largest absolute Gasteiger partial charge is 0.342 e. The molecule has 0 bridgehead atoms. The molecular weight excluding hydrogens is 428 g/mol. The molecule has 0 unspecified atom stereocenters. The monoisotopic (exact) mass is 450 g/mol. The molecule has 5 nitrogen and oxygen atoms in total. The van der Waals surface area contributed by atoms with Crippen molar-refractivity contribution < 1.29 is 13.2 Å². The molecule has 144 valence electrons. The maximum absolute atomic E-state index is 13.2. The van der Waals surface area contributed by atoms with E-state index in [1.54, 1.807) is 29.2 Å². The molecule has 27 heavy (non-hydrogen) atoms. The summed E-state index contributed by atoms with van der Waals surface area (Å²) in [6.07, 6.45) is 2.52. The van der Waals surface area contributed by atoms with Gasteiger partial charge in [-0.05, 0) is 49.1 Å². The first-order valence-electron chi connectivity index (χ1n) is 9.04. The third-order valence-corrected chi connectivity index (χ3v) is 7.10. The summed E-state index contributed by atoms with van der Waals surface area (Å²) in [6, 6.07) is 16.2. The van der Waals surface area contributed by atoms with Crippen molar-refractivity contribution in [3.63, 3.8) is 0 Å². The van der Waals surface area contributed by atoms with E-state index in [0.29, 0.717) is 19.5 Å². The van der Waals surface area contributed by atoms with Gasteiger partial charge >= 0.3 is 0 Å². The summed E-state index contributed by atoms with van der Waals surface area (Å²) in [4.78, 5) is 14.6. The second kappa shape index (κ2) is 8.99. The molecule has 0 spiro atoms. The van der Waals surface area contributed by atoms with Crippen LogP contribution >= 0.6 is 15.9 Å². The molecule has 1 fully saturated rings. The minimum Gasteiger partial charge on any atom is -0.342 e. The van der Waals surface area contributed by atoms with E-state index in [2.05, 4.69) is 15.9 Å². The molecule has 1 heterocycles. The van der Waals surface area contributed by atoms with E-state index < -0.39 is 10.0 Å². The van der Waals surface area contributed by atoms with Crippen molar-refractivity contribution in [3.8, 4) is 0 Å². The van der Waals surface area contributed by atoms with Crippen LogP contribution in [0.4, 0.5) is 0 Å². The third-order valence-electron chi connectivity index (χ3n) is 4.71. The molecule has 0 saturated carbocycles. The van der Waals surface area contributed by atoms with Crippen LogP contribution in [0.5, 0.6) is 0 Å². The van der Waals surface area contributed by atoms with Crippen LogP contribution in [0.3, 0.4) is 0 Å². The number of hydrogen-bond acceptors (Lipinski definition) is 3. The highest BCUT2D eigenvalue weighted by molar-refractivity contribution is 9.10. The molecule has 0 N–H and O–H groups in total. The van der Waals surface area contributed by atoms with Crippen molar-refractivity contribution >= 4 is 31.9 Å². The molecule has 0 aromatic heterocycles. The summed E-state index contributed by atoms with van der Waals surface area (Å²) in [6.45, 7) is 1.57. The van der Waals surface area contributed by atoms with Gasteiger partial charge < -0.3 is 4.90 Å². The van der Waals surface area contributed by atoms with E-state index in [0.717, 1.165) is 22.9 Å². The Balaban J connectivity index is 1.81. The van der Waals surface area contributed by atoms with Crippen LogP contribution in [-0.4, -0.2) is 49.7 Å². The van der Waals surface area contributed by atoms with Gasteiger partial charge in [0.25, 0.3) is 0 Å². The first-order chi connectivity index (χ1) is 13.0. The standard InChI is InChI=1S/C20H23BrN2O3S/c21-18-8-10-19(11-9-18)27(25,26)23(15-12-17-6-2-1-3-7-17)16-20(24)22-13-4-5-14-22/h1-3,6-11H,4-5,12-16H2. The number of halogens is 1. The van der Waals surface area contributed by atoms with Gasteiger partial charge in [0, 0.05) is 24.1 Å². The molecule has 0 radical (unpaired) electrons. The fourth-order valence-electron chi connectivity index (χ4n) is 3.16. The van der Waals surface area contributed by atoms with Crippen LogP contribution in [-0.2, 0) is 21.2 Å². The lowest BCUT2D eigenvalue weighted by molar-refractivity contribution is -0.130. The summed E-state index contributed by atoms with van der Waals surface area (Å²) in [7, 11) is -3.75. The SMILES string of the molecule is O=C(CN(CCc1ccccc1)S(=O)(=O)c1ccc(Br)cc1)N1CCCC1. The normalized spacial score (nSPS) is 14.7. The summed E-state index contributed by atoms with van der Waals surface area (Å²) < 4.78 is 28.4.